The predicted molar refractivity (Wildman–Crippen MR) is 54.8 cm³/mol. The second kappa shape index (κ2) is 4.71. The van der Waals surface area contributed by atoms with Gasteiger partial charge < -0.3 is 5.73 Å². The van der Waals surface area contributed by atoms with Gasteiger partial charge >= 0.3 is 0 Å². The molecule has 1 unspecified atom stereocenters. The van der Waals surface area contributed by atoms with Crippen molar-refractivity contribution >= 4 is 28.3 Å². The molecule has 0 fully saturated rings. The van der Waals surface area contributed by atoms with E-state index in [1.165, 1.54) is 0 Å². The molecule has 0 aliphatic rings. The minimum atomic E-state index is 0.384. The highest BCUT2D eigenvalue weighted by Crippen LogP contribution is 2.05. The molecule has 0 aromatic heterocycles. The van der Waals surface area contributed by atoms with Gasteiger partial charge in [0.25, 0.3) is 0 Å². The van der Waals surface area contributed by atoms with Gasteiger partial charge in [-0.1, -0.05) is 22.6 Å². The number of alkyl halides is 1. The van der Waals surface area contributed by atoms with Crippen molar-refractivity contribution in [2.75, 3.05) is 7.05 Å². The molecule has 10 heavy (non-hydrogen) atoms. The van der Waals surface area contributed by atoms with Gasteiger partial charge in [-0.2, -0.15) is 0 Å². The third kappa shape index (κ3) is 3.87. The Kier molecular flexibility index (Phi) is 4.68. The van der Waals surface area contributed by atoms with Crippen molar-refractivity contribution in [2.45, 2.75) is 17.8 Å². The SMILES string of the molecule is C/N=C(C)\C=C(/N)C(C)I. The summed E-state index contributed by atoms with van der Waals surface area (Å²) in [6, 6.07) is 0. The van der Waals surface area contributed by atoms with Crippen LogP contribution in [-0.2, 0) is 0 Å². The van der Waals surface area contributed by atoms with Gasteiger partial charge in [0, 0.05) is 22.4 Å². The standard InChI is InChI=1S/C7H13IN2/c1-5(10-3)4-7(9)6(2)8/h4,6H,9H2,1-3H3/b7-4-,10-5-. The lowest BCUT2D eigenvalue weighted by Gasteiger charge is -2.01. The average Bonchev–Trinajstić information content (AvgIpc) is 1.87. The molecule has 0 radical (unpaired) electrons. The van der Waals surface area contributed by atoms with Crippen LogP contribution >= 0.6 is 22.6 Å². The van der Waals surface area contributed by atoms with Crippen LogP contribution in [0.3, 0.4) is 0 Å². The summed E-state index contributed by atoms with van der Waals surface area (Å²) in [4.78, 5) is 3.97. The molecule has 0 aliphatic heterocycles. The summed E-state index contributed by atoms with van der Waals surface area (Å²) in [5, 5.41) is 0. The van der Waals surface area contributed by atoms with E-state index < -0.39 is 0 Å². The number of aliphatic imine (C=N–C) groups is 1. The molecular weight excluding hydrogens is 239 g/mol. The van der Waals surface area contributed by atoms with Gasteiger partial charge in [-0.25, -0.2) is 0 Å². The molecule has 2 N–H and O–H groups in total. The molecular formula is C7H13IN2. The van der Waals surface area contributed by atoms with E-state index in [0.717, 1.165) is 11.4 Å². The Morgan fingerprint density at radius 1 is 1.70 bits per heavy atom. The summed E-state index contributed by atoms with van der Waals surface area (Å²) in [6.45, 7) is 3.99. The van der Waals surface area contributed by atoms with Gasteiger partial charge in [0.2, 0.25) is 0 Å². The summed E-state index contributed by atoms with van der Waals surface area (Å²) >= 11 is 2.27. The molecule has 2 nitrogen and oxygen atoms in total. The first-order valence-corrected chi connectivity index (χ1v) is 4.37. The number of nitrogens with two attached hydrogens (primary N) is 1. The molecule has 0 bridgehead atoms. The van der Waals surface area contributed by atoms with Crippen LogP contribution in [0.2, 0.25) is 0 Å². The summed E-state index contributed by atoms with van der Waals surface area (Å²) in [5.74, 6) is 0. The zero-order valence-corrected chi connectivity index (χ0v) is 8.71. The van der Waals surface area contributed by atoms with Crippen LogP contribution in [-0.4, -0.2) is 16.7 Å². The smallest absolute Gasteiger partial charge is 0.0477 e. The minimum absolute atomic E-state index is 0.384. The van der Waals surface area contributed by atoms with E-state index in [1.807, 2.05) is 13.0 Å². The summed E-state index contributed by atoms with van der Waals surface area (Å²) in [7, 11) is 1.76. The molecule has 0 saturated heterocycles. The maximum atomic E-state index is 5.67. The van der Waals surface area contributed by atoms with Crippen LogP contribution in [0.25, 0.3) is 0 Å². The van der Waals surface area contributed by atoms with E-state index in [1.54, 1.807) is 7.05 Å². The van der Waals surface area contributed by atoms with Gasteiger partial charge in [0.15, 0.2) is 0 Å². The first kappa shape index (κ1) is 9.94. The van der Waals surface area contributed by atoms with Gasteiger partial charge in [-0.05, 0) is 19.9 Å². The van der Waals surface area contributed by atoms with Gasteiger partial charge in [0.05, 0.1) is 0 Å². The predicted octanol–water partition coefficient (Wildman–Crippen LogP) is 1.74. The van der Waals surface area contributed by atoms with E-state index >= 15 is 0 Å². The van der Waals surface area contributed by atoms with E-state index in [4.69, 9.17) is 5.73 Å². The zero-order chi connectivity index (χ0) is 8.15. The molecule has 0 rings (SSSR count). The van der Waals surface area contributed by atoms with Gasteiger partial charge in [0.1, 0.15) is 0 Å². The third-order valence-corrected chi connectivity index (χ3v) is 1.91. The summed E-state index contributed by atoms with van der Waals surface area (Å²) in [5.41, 5.74) is 7.52. The fraction of sp³-hybridized carbons (Fsp3) is 0.571. The molecule has 0 aliphatic carbocycles. The van der Waals surface area contributed by atoms with Crippen LogP contribution in [0, 0.1) is 0 Å². The lowest BCUT2D eigenvalue weighted by molar-refractivity contribution is 1.13. The first-order chi connectivity index (χ1) is 4.57. The molecule has 0 amide bonds. The average molecular weight is 252 g/mol. The lowest BCUT2D eigenvalue weighted by atomic mass is 10.3. The Bertz CT molecular complexity index is 159. The Labute approximate surface area is 75.7 Å². The van der Waals surface area contributed by atoms with Crippen molar-refractivity contribution in [1.29, 1.82) is 0 Å². The summed E-state index contributed by atoms with van der Waals surface area (Å²) in [6.07, 6.45) is 1.90. The summed E-state index contributed by atoms with van der Waals surface area (Å²) < 4.78 is 0.384. The van der Waals surface area contributed by atoms with E-state index in [9.17, 15) is 0 Å². The van der Waals surface area contributed by atoms with Crippen LogP contribution < -0.4 is 5.73 Å². The fourth-order valence-electron chi connectivity index (χ4n) is 0.421. The largest absolute Gasteiger partial charge is 0.401 e. The molecule has 58 valence electrons. The molecule has 0 aromatic carbocycles. The number of rotatable bonds is 2. The highest BCUT2D eigenvalue weighted by Gasteiger charge is 1.97. The highest BCUT2D eigenvalue weighted by atomic mass is 127. The second-order valence-corrected chi connectivity index (χ2v) is 3.99. The van der Waals surface area contributed by atoms with Crippen molar-refractivity contribution in [3.8, 4) is 0 Å². The van der Waals surface area contributed by atoms with Crippen LogP contribution in [0.4, 0.5) is 0 Å². The Balaban J connectivity index is 4.17. The Morgan fingerprint density at radius 2 is 2.20 bits per heavy atom. The van der Waals surface area contributed by atoms with Crippen molar-refractivity contribution < 1.29 is 0 Å². The maximum Gasteiger partial charge on any atom is 0.0477 e. The second-order valence-electron chi connectivity index (χ2n) is 2.13. The number of halogens is 1. The topological polar surface area (TPSA) is 38.4 Å². The van der Waals surface area contributed by atoms with E-state index in [-0.39, 0.29) is 0 Å². The van der Waals surface area contributed by atoms with Gasteiger partial charge in [-0.15, -0.1) is 0 Å². The molecule has 0 saturated carbocycles. The monoisotopic (exact) mass is 252 g/mol. The molecule has 3 heteroatoms. The highest BCUT2D eigenvalue weighted by molar-refractivity contribution is 14.1. The molecule has 0 heterocycles. The van der Waals surface area contributed by atoms with Crippen LogP contribution in [0.1, 0.15) is 13.8 Å². The van der Waals surface area contributed by atoms with Crippen molar-refractivity contribution in [2.24, 2.45) is 10.7 Å². The van der Waals surface area contributed by atoms with Gasteiger partial charge in [-0.3, -0.25) is 4.99 Å². The number of allylic oxidation sites excluding steroid dienone is 2. The van der Waals surface area contributed by atoms with Crippen molar-refractivity contribution in [1.82, 2.24) is 0 Å². The number of hydrogen-bond donors (Lipinski definition) is 1. The maximum absolute atomic E-state index is 5.67. The van der Waals surface area contributed by atoms with E-state index in [0.29, 0.717) is 3.92 Å². The number of hydrogen-bond acceptors (Lipinski definition) is 2. The van der Waals surface area contributed by atoms with Crippen LogP contribution in [0.5, 0.6) is 0 Å². The molecule has 1 atom stereocenters. The fourth-order valence-corrected chi connectivity index (χ4v) is 0.600. The first-order valence-electron chi connectivity index (χ1n) is 3.12. The quantitative estimate of drug-likeness (QED) is 0.453. The van der Waals surface area contributed by atoms with Crippen LogP contribution in [0.15, 0.2) is 16.8 Å². The van der Waals surface area contributed by atoms with Crippen molar-refractivity contribution in [3.63, 3.8) is 0 Å². The minimum Gasteiger partial charge on any atom is -0.401 e. The third-order valence-electron chi connectivity index (χ3n) is 1.19. The Morgan fingerprint density at radius 3 is 2.50 bits per heavy atom. The normalized spacial score (nSPS) is 17.2. The van der Waals surface area contributed by atoms with Crippen molar-refractivity contribution in [3.05, 3.63) is 11.8 Å². The van der Waals surface area contributed by atoms with E-state index in [2.05, 4.69) is 34.5 Å². The number of nitrogens with zero attached hydrogens (tertiary/aromatic N) is 1. The molecule has 0 spiro atoms. The lowest BCUT2D eigenvalue weighted by Crippen LogP contribution is -2.08. The zero-order valence-electron chi connectivity index (χ0n) is 6.56. The molecule has 0 aromatic rings. The Hall–Kier alpha value is -0.0600.